The molecule has 0 saturated heterocycles. The molecule has 82 valence electrons. The van der Waals surface area contributed by atoms with Crippen LogP contribution >= 0.6 is 0 Å². The molecule has 1 nitrogen and oxygen atoms in total. The molecule has 0 atom stereocenters. The number of methoxy groups -OCH3 is 1. The van der Waals surface area contributed by atoms with E-state index in [0.29, 0.717) is 0 Å². The average molecular weight is 204 g/mol. The van der Waals surface area contributed by atoms with E-state index in [2.05, 4.69) is 31.2 Å². The Kier molecular flexibility index (Phi) is 5.60. The van der Waals surface area contributed by atoms with Crippen LogP contribution in [0.3, 0.4) is 0 Å². The highest BCUT2D eigenvalue weighted by molar-refractivity contribution is 5.34. The quantitative estimate of drug-likeness (QED) is 0.503. The van der Waals surface area contributed by atoms with Crippen molar-refractivity contribution < 1.29 is 4.74 Å². The molecular formula is C14H20O. The molecular weight excluding hydrogens is 184 g/mol. The second-order valence-corrected chi connectivity index (χ2v) is 3.63. The fourth-order valence-corrected chi connectivity index (χ4v) is 1.52. The Balaban J connectivity index is 2.46. The molecule has 0 heterocycles. The monoisotopic (exact) mass is 204 g/mol. The van der Waals surface area contributed by atoms with Crippen molar-refractivity contribution in [1.82, 2.24) is 0 Å². The summed E-state index contributed by atoms with van der Waals surface area (Å²) in [5.41, 5.74) is 1.26. The van der Waals surface area contributed by atoms with Crippen molar-refractivity contribution in [3.8, 4) is 5.75 Å². The minimum absolute atomic E-state index is 0.966. The predicted molar refractivity (Wildman–Crippen MR) is 65.4 cm³/mol. The van der Waals surface area contributed by atoms with Gasteiger partial charge in [0.05, 0.1) is 7.11 Å². The van der Waals surface area contributed by atoms with E-state index in [-0.39, 0.29) is 0 Å². The van der Waals surface area contributed by atoms with E-state index in [0.717, 1.165) is 12.2 Å². The Morgan fingerprint density at radius 2 is 2.00 bits per heavy atom. The number of rotatable bonds is 6. The summed E-state index contributed by atoms with van der Waals surface area (Å²) < 4.78 is 5.29. The standard InChI is InChI=1S/C14H20O/c1-3-4-5-6-7-10-13-11-8-9-12-14(13)15-2/h6-9,11-12H,3-5,10H2,1-2H3. The van der Waals surface area contributed by atoms with Gasteiger partial charge in [0.25, 0.3) is 0 Å². The lowest BCUT2D eigenvalue weighted by Crippen LogP contribution is -1.89. The molecule has 0 fully saturated rings. The zero-order chi connectivity index (χ0) is 10.9. The molecule has 15 heavy (non-hydrogen) atoms. The molecule has 0 spiro atoms. The maximum atomic E-state index is 5.29. The minimum atomic E-state index is 0.966. The van der Waals surface area contributed by atoms with Crippen molar-refractivity contribution in [3.05, 3.63) is 42.0 Å². The third kappa shape index (κ3) is 4.20. The van der Waals surface area contributed by atoms with Crippen molar-refractivity contribution in [1.29, 1.82) is 0 Å². The molecule has 1 heteroatoms. The van der Waals surface area contributed by atoms with Gasteiger partial charge in [-0.3, -0.25) is 0 Å². The summed E-state index contributed by atoms with van der Waals surface area (Å²) in [5.74, 6) is 0.984. The van der Waals surface area contributed by atoms with Gasteiger partial charge in [0.1, 0.15) is 5.75 Å². The molecule has 1 aromatic rings. The number of allylic oxidation sites excluding steroid dienone is 2. The van der Waals surface area contributed by atoms with E-state index in [9.17, 15) is 0 Å². The number of hydrogen-bond donors (Lipinski definition) is 0. The van der Waals surface area contributed by atoms with Crippen molar-refractivity contribution in [2.45, 2.75) is 32.6 Å². The first-order valence-electron chi connectivity index (χ1n) is 5.65. The lowest BCUT2D eigenvalue weighted by molar-refractivity contribution is 0.410. The third-order valence-electron chi connectivity index (χ3n) is 2.42. The van der Waals surface area contributed by atoms with Crippen LogP contribution in [0, 0.1) is 0 Å². The largest absolute Gasteiger partial charge is 0.496 e. The molecule has 0 aliphatic rings. The lowest BCUT2D eigenvalue weighted by Gasteiger charge is -2.04. The van der Waals surface area contributed by atoms with Crippen molar-refractivity contribution in [3.63, 3.8) is 0 Å². The number of unbranched alkanes of at least 4 members (excludes halogenated alkanes) is 2. The molecule has 0 bridgehead atoms. The molecule has 0 radical (unpaired) electrons. The van der Waals surface area contributed by atoms with Crippen LogP contribution in [0.15, 0.2) is 36.4 Å². The van der Waals surface area contributed by atoms with Crippen LogP contribution < -0.4 is 4.74 Å². The Hall–Kier alpha value is -1.24. The zero-order valence-corrected chi connectivity index (χ0v) is 9.70. The second kappa shape index (κ2) is 7.10. The highest BCUT2D eigenvalue weighted by Crippen LogP contribution is 2.17. The third-order valence-corrected chi connectivity index (χ3v) is 2.42. The summed E-state index contributed by atoms with van der Waals surface area (Å²) in [6.07, 6.45) is 9.18. The Bertz CT molecular complexity index is 302. The van der Waals surface area contributed by atoms with Crippen LogP contribution in [-0.2, 0) is 6.42 Å². The van der Waals surface area contributed by atoms with Crippen LogP contribution in [0.4, 0.5) is 0 Å². The van der Waals surface area contributed by atoms with Gasteiger partial charge in [0, 0.05) is 0 Å². The van der Waals surface area contributed by atoms with Crippen LogP contribution in [0.2, 0.25) is 0 Å². The number of benzene rings is 1. The maximum Gasteiger partial charge on any atom is 0.122 e. The summed E-state index contributed by atoms with van der Waals surface area (Å²) in [4.78, 5) is 0. The SMILES string of the molecule is CCCCC=CCc1ccccc1OC. The van der Waals surface area contributed by atoms with Gasteiger partial charge in [-0.05, 0) is 24.5 Å². The van der Waals surface area contributed by atoms with E-state index in [1.165, 1.54) is 24.8 Å². The number of ether oxygens (including phenoxy) is 1. The topological polar surface area (TPSA) is 9.23 Å². The molecule has 0 N–H and O–H groups in total. The Morgan fingerprint density at radius 1 is 1.20 bits per heavy atom. The predicted octanol–water partition coefficient (Wildman–Crippen LogP) is 3.98. The van der Waals surface area contributed by atoms with Crippen LogP contribution in [-0.4, -0.2) is 7.11 Å². The van der Waals surface area contributed by atoms with Gasteiger partial charge < -0.3 is 4.74 Å². The Labute approximate surface area is 92.8 Å². The summed E-state index contributed by atoms with van der Waals surface area (Å²) in [5, 5.41) is 0. The van der Waals surface area contributed by atoms with Gasteiger partial charge in [-0.25, -0.2) is 0 Å². The first-order chi connectivity index (χ1) is 7.38. The Morgan fingerprint density at radius 3 is 2.73 bits per heavy atom. The zero-order valence-electron chi connectivity index (χ0n) is 9.70. The van der Waals surface area contributed by atoms with E-state index in [4.69, 9.17) is 4.74 Å². The van der Waals surface area contributed by atoms with E-state index in [1.807, 2.05) is 12.1 Å². The van der Waals surface area contributed by atoms with Crippen LogP contribution in [0.1, 0.15) is 31.7 Å². The van der Waals surface area contributed by atoms with Gasteiger partial charge in [-0.15, -0.1) is 0 Å². The van der Waals surface area contributed by atoms with E-state index < -0.39 is 0 Å². The molecule has 1 rings (SSSR count). The van der Waals surface area contributed by atoms with Crippen LogP contribution in [0.5, 0.6) is 5.75 Å². The number of hydrogen-bond acceptors (Lipinski definition) is 1. The second-order valence-electron chi connectivity index (χ2n) is 3.63. The first kappa shape index (κ1) is 11.8. The summed E-state index contributed by atoms with van der Waals surface area (Å²) >= 11 is 0. The van der Waals surface area contributed by atoms with Gasteiger partial charge in [-0.2, -0.15) is 0 Å². The van der Waals surface area contributed by atoms with E-state index >= 15 is 0 Å². The summed E-state index contributed by atoms with van der Waals surface area (Å²) in [6.45, 7) is 2.22. The van der Waals surface area contributed by atoms with E-state index in [1.54, 1.807) is 7.11 Å². The van der Waals surface area contributed by atoms with Gasteiger partial charge in [0.15, 0.2) is 0 Å². The molecule has 0 aliphatic carbocycles. The molecule has 1 aromatic carbocycles. The van der Waals surface area contributed by atoms with Crippen molar-refractivity contribution >= 4 is 0 Å². The van der Waals surface area contributed by atoms with Crippen LogP contribution in [0.25, 0.3) is 0 Å². The van der Waals surface area contributed by atoms with Crippen molar-refractivity contribution in [2.24, 2.45) is 0 Å². The highest BCUT2D eigenvalue weighted by Gasteiger charge is 1.97. The maximum absolute atomic E-state index is 5.29. The molecule has 0 amide bonds. The number of para-hydroxylation sites is 1. The average Bonchev–Trinajstić information content (AvgIpc) is 2.29. The lowest BCUT2D eigenvalue weighted by atomic mass is 10.1. The van der Waals surface area contributed by atoms with Gasteiger partial charge in [0.2, 0.25) is 0 Å². The first-order valence-corrected chi connectivity index (χ1v) is 5.65. The highest BCUT2D eigenvalue weighted by atomic mass is 16.5. The normalized spacial score (nSPS) is 10.8. The fourth-order valence-electron chi connectivity index (χ4n) is 1.52. The molecule has 0 aliphatic heterocycles. The molecule has 0 aromatic heterocycles. The summed E-state index contributed by atoms with van der Waals surface area (Å²) in [7, 11) is 1.72. The smallest absolute Gasteiger partial charge is 0.122 e. The van der Waals surface area contributed by atoms with Crippen molar-refractivity contribution in [2.75, 3.05) is 7.11 Å². The minimum Gasteiger partial charge on any atom is -0.496 e. The molecule has 0 saturated carbocycles. The molecule has 0 unspecified atom stereocenters. The summed E-state index contributed by atoms with van der Waals surface area (Å²) in [6, 6.07) is 8.18. The van der Waals surface area contributed by atoms with Gasteiger partial charge in [-0.1, -0.05) is 50.1 Å². The fraction of sp³-hybridized carbons (Fsp3) is 0.429. The van der Waals surface area contributed by atoms with Gasteiger partial charge >= 0.3 is 0 Å².